The minimum absolute atomic E-state index is 0.0676. The molecule has 1 atom stereocenters. The van der Waals surface area contributed by atoms with Crippen LogP contribution in [0.4, 0.5) is 5.82 Å². The standard InChI is InChI=1S/C27H26ClN5O2S/c1-17-9-13-22(15-18(17)2)36(34,35)27-26-30-25(29-19(3)10-11-20-7-5-4-6-8-20)23-16-21(28)12-14-24(23)33(26)32-31-27/h4-9,12-16,19H,10-11H2,1-3H3,(H,29,30)/t19-/m1/s1. The van der Waals surface area contributed by atoms with Gasteiger partial charge < -0.3 is 5.32 Å². The highest BCUT2D eigenvalue weighted by atomic mass is 35.5. The molecule has 2 aromatic heterocycles. The van der Waals surface area contributed by atoms with Gasteiger partial charge in [-0.15, -0.1) is 5.10 Å². The Balaban J connectivity index is 1.58. The molecule has 5 rings (SSSR count). The van der Waals surface area contributed by atoms with E-state index in [9.17, 15) is 8.42 Å². The van der Waals surface area contributed by atoms with Crippen molar-refractivity contribution in [3.05, 3.63) is 88.4 Å². The van der Waals surface area contributed by atoms with E-state index < -0.39 is 9.84 Å². The van der Waals surface area contributed by atoms with Crippen molar-refractivity contribution in [1.29, 1.82) is 0 Å². The van der Waals surface area contributed by atoms with Crippen LogP contribution in [-0.4, -0.2) is 34.3 Å². The molecule has 7 nitrogen and oxygen atoms in total. The summed E-state index contributed by atoms with van der Waals surface area (Å²) in [5.41, 5.74) is 3.98. The third-order valence-electron chi connectivity index (χ3n) is 6.41. The first kappa shape index (κ1) is 24.2. The van der Waals surface area contributed by atoms with Gasteiger partial charge in [0.25, 0.3) is 0 Å². The van der Waals surface area contributed by atoms with E-state index in [4.69, 9.17) is 16.6 Å². The third-order valence-corrected chi connectivity index (χ3v) is 8.29. The van der Waals surface area contributed by atoms with Gasteiger partial charge in [0.15, 0.2) is 5.65 Å². The fourth-order valence-corrected chi connectivity index (χ4v) is 5.67. The van der Waals surface area contributed by atoms with Crippen LogP contribution in [0.25, 0.3) is 16.6 Å². The maximum atomic E-state index is 13.6. The zero-order valence-electron chi connectivity index (χ0n) is 20.2. The third kappa shape index (κ3) is 4.54. The molecular weight excluding hydrogens is 494 g/mol. The molecule has 184 valence electrons. The monoisotopic (exact) mass is 519 g/mol. The van der Waals surface area contributed by atoms with Gasteiger partial charge in [0, 0.05) is 16.5 Å². The van der Waals surface area contributed by atoms with Gasteiger partial charge in [-0.05, 0) is 80.6 Å². The Hall–Kier alpha value is -3.49. The molecule has 0 bridgehead atoms. The largest absolute Gasteiger partial charge is 0.367 e. The molecule has 0 radical (unpaired) electrons. The van der Waals surface area contributed by atoms with Gasteiger partial charge in [0.05, 0.1) is 10.4 Å². The molecule has 1 N–H and O–H groups in total. The van der Waals surface area contributed by atoms with Crippen molar-refractivity contribution in [3.63, 3.8) is 0 Å². The van der Waals surface area contributed by atoms with Crippen molar-refractivity contribution in [2.24, 2.45) is 0 Å². The number of benzene rings is 3. The molecule has 0 aliphatic rings. The van der Waals surface area contributed by atoms with E-state index >= 15 is 0 Å². The predicted molar refractivity (Wildman–Crippen MR) is 143 cm³/mol. The van der Waals surface area contributed by atoms with Crippen molar-refractivity contribution < 1.29 is 8.42 Å². The summed E-state index contributed by atoms with van der Waals surface area (Å²) in [6.07, 6.45) is 1.76. The van der Waals surface area contributed by atoms with Gasteiger partial charge in [-0.25, -0.2) is 13.4 Å². The van der Waals surface area contributed by atoms with E-state index in [2.05, 4.69) is 34.7 Å². The van der Waals surface area contributed by atoms with Crippen molar-refractivity contribution >= 4 is 43.8 Å². The summed E-state index contributed by atoms with van der Waals surface area (Å²) in [5, 5.41) is 12.8. The Bertz CT molecular complexity index is 1680. The van der Waals surface area contributed by atoms with Crippen LogP contribution < -0.4 is 5.32 Å². The summed E-state index contributed by atoms with van der Waals surface area (Å²) < 4.78 is 28.6. The molecule has 0 aliphatic carbocycles. The average Bonchev–Trinajstić information content (AvgIpc) is 3.30. The number of nitrogens with zero attached hydrogens (tertiary/aromatic N) is 4. The molecule has 0 spiro atoms. The van der Waals surface area contributed by atoms with Crippen LogP contribution >= 0.6 is 11.6 Å². The Kier molecular flexibility index (Phi) is 6.40. The molecular formula is C27H26ClN5O2S. The number of aromatic nitrogens is 4. The van der Waals surface area contributed by atoms with Gasteiger partial charge in [0.1, 0.15) is 5.82 Å². The van der Waals surface area contributed by atoms with Gasteiger partial charge >= 0.3 is 0 Å². The van der Waals surface area contributed by atoms with E-state index in [1.54, 1.807) is 36.4 Å². The van der Waals surface area contributed by atoms with Gasteiger partial charge in [-0.2, -0.15) is 4.52 Å². The number of sulfone groups is 1. The van der Waals surface area contributed by atoms with E-state index in [0.29, 0.717) is 16.4 Å². The molecule has 3 aromatic carbocycles. The maximum Gasteiger partial charge on any atom is 0.229 e. The Labute approximate surface area is 215 Å². The first-order valence-electron chi connectivity index (χ1n) is 11.7. The molecule has 2 heterocycles. The number of hydrogen-bond donors (Lipinski definition) is 1. The minimum atomic E-state index is -3.94. The molecule has 0 amide bonds. The van der Waals surface area contributed by atoms with Crippen LogP contribution in [0.15, 0.2) is 76.7 Å². The zero-order valence-corrected chi connectivity index (χ0v) is 21.8. The summed E-state index contributed by atoms with van der Waals surface area (Å²) in [4.78, 5) is 4.88. The average molecular weight is 520 g/mol. The summed E-state index contributed by atoms with van der Waals surface area (Å²) in [6, 6.07) is 20.7. The van der Waals surface area contributed by atoms with E-state index in [1.807, 2.05) is 32.0 Å². The van der Waals surface area contributed by atoms with Crippen molar-refractivity contribution in [3.8, 4) is 0 Å². The number of fused-ring (bicyclic) bond motifs is 3. The maximum absolute atomic E-state index is 13.6. The molecule has 0 unspecified atom stereocenters. The normalized spacial score (nSPS) is 12.8. The molecule has 0 aliphatic heterocycles. The van der Waals surface area contributed by atoms with Crippen LogP contribution in [0.5, 0.6) is 0 Å². The van der Waals surface area contributed by atoms with Gasteiger partial charge in [-0.1, -0.05) is 53.2 Å². The van der Waals surface area contributed by atoms with Gasteiger partial charge in [0.2, 0.25) is 14.9 Å². The number of hydrogen-bond acceptors (Lipinski definition) is 6. The fraction of sp³-hybridized carbons (Fsp3) is 0.222. The minimum Gasteiger partial charge on any atom is -0.367 e. The lowest BCUT2D eigenvalue weighted by Gasteiger charge is -2.17. The Morgan fingerprint density at radius 1 is 1.00 bits per heavy atom. The predicted octanol–water partition coefficient (Wildman–Crippen LogP) is 5.81. The number of aryl methyl sites for hydroxylation is 3. The number of nitrogens with one attached hydrogen (secondary N) is 1. The molecule has 0 saturated heterocycles. The Morgan fingerprint density at radius 3 is 2.53 bits per heavy atom. The van der Waals surface area contributed by atoms with Crippen LogP contribution in [0.2, 0.25) is 5.02 Å². The number of halogens is 1. The van der Waals surface area contributed by atoms with E-state index in [1.165, 1.54) is 10.1 Å². The molecule has 0 saturated carbocycles. The highest BCUT2D eigenvalue weighted by molar-refractivity contribution is 7.91. The summed E-state index contributed by atoms with van der Waals surface area (Å²) >= 11 is 6.31. The summed E-state index contributed by atoms with van der Waals surface area (Å²) in [7, 11) is -3.94. The smallest absolute Gasteiger partial charge is 0.229 e. The highest BCUT2D eigenvalue weighted by Gasteiger charge is 2.27. The van der Waals surface area contributed by atoms with Crippen LogP contribution in [0.1, 0.15) is 30.0 Å². The number of anilines is 1. The molecule has 5 aromatic rings. The zero-order chi connectivity index (χ0) is 25.4. The first-order valence-corrected chi connectivity index (χ1v) is 13.6. The van der Waals surface area contributed by atoms with Crippen molar-refractivity contribution in [1.82, 2.24) is 19.8 Å². The molecule has 9 heteroatoms. The van der Waals surface area contributed by atoms with E-state index in [-0.39, 0.29) is 21.6 Å². The fourth-order valence-electron chi connectivity index (χ4n) is 4.18. The van der Waals surface area contributed by atoms with Crippen LogP contribution in [0.3, 0.4) is 0 Å². The first-order chi connectivity index (χ1) is 17.2. The quantitative estimate of drug-likeness (QED) is 0.292. The van der Waals surface area contributed by atoms with Gasteiger partial charge in [-0.3, -0.25) is 0 Å². The summed E-state index contributed by atoms with van der Waals surface area (Å²) in [5.74, 6) is 0.541. The highest BCUT2D eigenvalue weighted by Crippen LogP contribution is 2.30. The second-order valence-corrected chi connectivity index (χ2v) is 11.4. The molecule has 0 fully saturated rings. The number of rotatable bonds is 7. The second-order valence-electron chi connectivity index (χ2n) is 9.07. The lowest BCUT2D eigenvalue weighted by atomic mass is 10.1. The summed E-state index contributed by atoms with van der Waals surface area (Å²) in [6.45, 7) is 5.90. The van der Waals surface area contributed by atoms with E-state index in [0.717, 1.165) is 29.4 Å². The SMILES string of the molecule is Cc1ccc(S(=O)(=O)c2nnn3c2nc(N[C@H](C)CCc2ccccc2)c2cc(Cl)ccc23)cc1C. The van der Waals surface area contributed by atoms with Crippen LogP contribution in [0, 0.1) is 13.8 Å². The molecule has 36 heavy (non-hydrogen) atoms. The van der Waals surface area contributed by atoms with Crippen LogP contribution in [-0.2, 0) is 16.3 Å². The lowest BCUT2D eigenvalue weighted by Crippen LogP contribution is -2.18. The van der Waals surface area contributed by atoms with Crippen molar-refractivity contribution in [2.45, 2.75) is 49.6 Å². The lowest BCUT2D eigenvalue weighted by molar-refractivity contribution is 0.592. The second kappa shape index (κ2) is 9.52. The topological polar surface area (TPSA) is 89.2 Å². The Morgan fingerprint density at radius 2 is 1.78 bits per heavy atom. The van der Waals surface area contributed by atoms with Crippen molar-refractivity contribution in [2.75, 3.05) is 5.32 Å².